The van der Waals surface area contributed by atoms with Gasteiger partial charge in [-0.1, -0.05) is 13.0 Å². The summed E-state index contributed by atoms with van der Waals surface area (Å²) in [5.74, 6) is -0.227. The van der Waals surface area contributed by atoms with Gasteiger partial charge in [0.1, 0.15) is 15.9 Å². The molecule has 7 N–H and O–H groups in total. The van der Waals surface area contributed by atoms with Crippen molar-refractivity contribution < 1.29 is 22.6 Å². The Morgan fingerprint density at radius 2 is 1.28 bits per heavy atom. The number of nitrogens with zero attached hydrogens (tertiary/aromatic N) is 1. The maximum absolute atomic E-state index is 10.5. The molecule has 214 valence electrons. The average Bonchev–Trinajstić information content (AvgIpc) is 2.88. The average molecular weight is 558 g/mol. The van der Waals surface area contributed by atoms with Crippen LogP contribution in [0, 0.1) is 6.92 Å². The van der Waals surface area contributed by atoms with Crippen LogP contribution in [0.5, 0.6) is 5.75 Å². The Kier molecular flexibility index (Phi) is 12.4. The summed E-state index contributed by atoms with van der Waals surface area (Å²) in [6.07, 6.45) is 3.53. The van der Waals surface area contributed by atoms with Crippen molar-refractivity contribution in [2.45, 2.75) is 38.0 Å². The van der Waals surface area contributed by atoms with E-state index in [4.69, 9.17) is 16.6 Å². The minimum Gasteiger partial charge on any atom is -0.744 e. The number of nitrogen functional groups attached to an aromatic ring is 2. The van der Waals surface area contributed by atoms with Crippen molar-refractivity contribution in [3.05, 3.63) is 72.3 Å². The zero-order valence-electron chi connectivity index (χ0n) is 23.2. The molecule has 0 saturated heterocycles. The number of aromatic hydroxyl groups is 1. The third kappa shape index (κ3) is 11.8. The highest BCUT2D eigenvalue weighted by Gasteiger charge is 2.19. The first-order valence-electron chi connectivity index (χ1n) is 13.2. The topological polar surface area (TPSA) is 154 Å². The lowest BCUT2D eigenvalue weighted by Gasteiger charge is -2.34. The number of nitrogens with one attached hydrogen (secondary N) is 2. The molecule has 0 atom stereocenters. The van der Waals surface area contributed by atoms with E-state index >= 15 is 0 Å². The summed E-state index contributed by atoms with van der Waals surface area (Å²) >= 11 is 0. The van der Waals surface area contributed by atoms with E-state index in [2.05, 4.69) is 24.6 Å². The molecule has 0 fully saturated rings. The van der Waals surface area contributed by atoms with Crippen molar-refractivity contribution in [2.24, 2.45) is 0 Å². The SMILES string of the molecule is CCC[N+](C)(CCCNc1ccc(N)cc1)CCCNc1ccc(N)cc1.Cc1ccc(O)cc1S(=O)(=O)[O-]. The minimum atomic E-state index is -4.47. The van der Waals surface area contributed by atoms with Gasteiger partial charge in [0.25, 0.3) is 0 Å². The molecular formula is C29H43N5O4S. The lowest BCUT2D eigenvalue weighted by molar-refractivity contribution is -0.909. The zero-order chi connectivity index (χ0) is 28.9. The maximum atomic E-state index is 10.5. The van der Waals surface area contributed by atoms with E-state index < -0.39 is 10.1 Å². The van der Waals surface area contributed by atoms with E-state index in [1.165, 1.54) is 45.1 Å². The van der Waals surface area contributed by atoms with E-state index in [0.29, 0.717) is 5.56 Å². The van der Waals surface area contributed by atoms with Crippen LogP contribution in [0.15, 0.2) is 71.6 Å². The summed E-state index contributed by atoms with van der Waals surface area (Å²) in [6, 6.07) is 19.6. The van der Waals surface area contributed by atoms with Crippen molar-refractivity contribution in [3.8, 4) is 5.75 Å². The van der Waals surface area contributed by atoms with Gasteiger partial charge in [0.05, 0.1) is 31.6 Å². The fraction of sp³-hybridized carbons (Fsp3) is 0.379. The third-order valence-electron chi connectivity index (χ3n) is 6.43. The number of phenolic OH excluding ortho intramolecular Hbond substituents is 1. The number of quaternary nitrogens is 1. The Balaban J connectivity index is 0.000000370. The Labute approximate surface area is 233 Å². The van der Waals surface area contributed by atoms with E-state index in [-0.39, 0.29) is 10.6 Å². The number of hydrogen-bond donors (Lipinski definition) is 5. The molecule has 0 heterocycles. The molecule has 0 aromatic heterocycles. The molecule has 39 heavy (non-hydrogen) atoms. The fourth-order valence-corrected chi connectivity index (χ4v) is 5.05. The molecule has 0 saturated carbocycles. The van der Waals surface area contributed by atoms with Crippen LogP contribution in [0.3, 0.4) is 0 Å². The number of anilines is 4. The summed E-state index contributed by atoms with van der Waals surface area (Å²) in [4.78, 5) is -0.373. The highest BCUT2D eigenvalue weighted by atomic mass is 32.2. The Morgan fingerprint density at radius 3 is 1.67 bits per heavy atom. The summed E-state index contributed by atoms with van der Waals surface area (Å²) < 4.78 is 32.7. The van der Waals surface area contributed by atoms with Crippen LogP contribution in [-0.2, 0) is 10.1 Å². The Hall–Kier alpha value is -3.47. The van der Waals surface area contributed by atoms with Crippen molar-refractivity contribution in [2.75, 3.05) is 61.9 Å². The number of nitrogens with two attached hydrogens (primary N) is 2. The highest BCUT2D eigenvalue weighted by Crippen LogP contribution is 2.20. The van der Waals surface area contributed by atoms with Crippen molar-refractivity contribution in [1.29, 1.82) is 0 Å². The minimum absolute atomic E-state index is 0.227. The molecule has 0 bridgehead atoms. The van der Waals surface area contributed by atoms with Gasteiger partial charge < -0.3 is 36.2 Å². The first-order valence-corrected chi connectivity index (χ1v) is 14.6. The van der Waals surface area contributed by atoms with Crippen molar-refractivity contribution in [1.82, 2.24) is 0 Å². The van der Waals surface area contributed by atoms with Crippen LogP contribution in [0.25, 0.3) is 0 Å². The molecule has 0 aliphatic heterocycles. The molecule has 0 amide bonds. The molecule has 3 rings (SSSR count). The van der Waals surface area contributed by atoms with Crippen LogP contribution in [0.2, 0.25) is 0 Å². The van der Waals surface area contributed by atoms with Crippen molar-refractivity contribution >= 4 is 32.9 Å². The molecule has 0 unspecified atom stereocenters. The van der Waals surface area contributed by atoms with Gasteiger partial charge in [-0.25, -0.2) is 8.42 Å². The van der Waals surface area contributed by atoms with Gasteiger partial charge in [-0.2, -0.15) is 0 Å². The maximum Gasteiger partial charge on any atom is 0.124 e. The monoisotopic (exact) mass is 557 g/mol. The molecular weight excluding hydrogens is 514 g/mol. The second-order valence-electron chi connectivity index (χ2n) is 10.00. The molecule has 3 aromatic rings. The lowest BCUT2D eigenvalue weighted by atomic mass is 10.2. The molecule has 0 spiro atoms. The molecule has 10 heteroatoms. The van der Waals surface area contributed by atoms with E-state index in [0.717, 1.165) is 59.2 Å². The highest BCUT2D eigenvalue weighted by molar-refractivity contribution is 7.85. The molecule has 3 aromatic carbocycles. The van der Waals surface area contributed by atoms with Gasteiger partial charge >= 0.3 is 0 Å². The van der Waals surface area contributed by atoms with Gasteiger partial charge in [0.15, 0.2) is 0 Å². The standard InChI is InChI=1S/C22H36N5.C7H8O4S/c1-3-16-27(2,17-4-14-25-21-10-6-19(23)7-11-21)18-5-15-26-22-12-8-20(24)9-13-22;1-5-2-3-6(8)4-7(5)12(9,10)11/h6-13,25-26H,3-5,14-18,23-24H2,1-2H3;2-4,8H,1H3,(H,9,10,11)/q+1;/p-1. The first-order chi connectivity index (χ1) is 18.4. The summed E-state index contributed by atoms with van der Waals surface area (Å²) in [5, 5.41) is 15.9. The molecule has 0 aliphatic rings. The number of hydrogen-bond acceptors (Lipinski definition) is 8. The zero-order valence-corrected chi connectivity index (χ0v) is 24.0. The summed E-state index contributed by atoms with van der Waals surface area (Å²) in [7, 11) is -2.08. The fourth-order valence-electron chi connectivity index (χ4n) is 4.32. The second-order valence-corrected chi connectivity index (χ2v) is 11.3. The Bertz CT molecular complexity index is 1200. The van der Waals surface area contributed by atoms with E-state index in [1.807, 2.05) is 48.5 Å². The van der Waals surface area contributed by atoms with Crippen LogP contribution in [0.1, 0.15) is 31.7 Å². The molecule has 0 radical (unpaired) electrons. The number of rotatable bonds is 13. The Morgan fingerprint density at radius 1 is 0.821 bits per heavy atom. The van der Waals surface area contributed by atoms with Crippen LogP contribution in [0.4, 0.5) is 22.7 Å². The smallest absolute Gasteiger partial charge is 0.124 e. The van der Waals surface area contributed by atoms with Gasteiger partial charge in [-0.15, -0.1) is 0 Å². The van der Waals surface area contributed by atoms with Gasteiger partial charge in [0.2, 0.25) is 0 Å². The lowest BCUT2D eigenvalue weighted by Crippen LogP contribution is -2.47. The molecule has 9 nitrogen and oxygen atoms in total. The van der Waals surface area contributed by atoms with Crippen LogP contribution in [-0.4, -0.2) is 62.3 Å². The van der Waals surface area contributed by atoms with Crippen LogP contribution >= 0.6 is 0 Å². The predicted octanol–water partition coefficient (Wildman–Crippen LogP) is 4.62. The van der Waals surface area contributed by atoms with Gasteiger partial charge in [-0.05, 0) is 79.6 Å². The normalized spacial score (nSPS) is 11.4. The van der Waals surface area contributed by atoms with Gasteiger partial charge in [-0.3, -0.25) is 0 Å². The van der Waals surface area contributed by atoms with Crippen LogP contribution < -0.4 is 22.1 Å². The first kappa shape index (κ1) is 31.7. The third-order valence-corrected chi connectivity index (χ3v) is 7.41. The largest absolute Gasteiger partial charge is 0.744 e. The van der Waals surface area contributed by atoms with E-state index in [9.17, 15) is 13.0 Å². The second kappa shape index (κ2) is 15.2. The summed E-state index contributed by atoms with van der Waals surface area (Å²) in [6.45, 7) is 9.36. The number of phenols is 1. The van der Waals surface area contributed by atoms with E-state index in [1.54, 1.807) is 0 Å². The van der Waals surface area contributed by atoms with Gasteiger partial charge in [0, 0.05) is 48.7 Å². The number of benzene rings is 3. The molecule has 0 aliphatic carbocycles. The quantitative estimate of drug-likeness (QED) is 0.0883. The predicted molar refractivity (Wildman–Crippen MR) is 160 cm³/mol. The van der Waals surface area contributed by atoms with Crippen molar-refractivity contribution in [3.63, 3.8) is 0 Å². The number of aryl methyl sites for hydroxylation is 1. The summed E-state index contributed by atoms with van der Waals surface area (Å²) in [5.41, 5.74) is 15.7.